The molecule has 0 aromatic heterocycles. The summed E-state index contributed by atoms with van der Waals surface area (Å²) >= 11 is 0. The number of carbonyl (C=O) groups excluding carboxylic acids is 1. The minimum absolute atomic E-state index is 0.0941. The molecule has 0 saturated carbocycles. The fourth-order valence-corrected chi connectivity index (χ4v) is 2.72. The third-order valence-corrected chi connectivity index (χ3v) is 4.05. The fourth-order valence-electron chi connectivity index (χ4n) is 2.72. The molecular weight excluding hydrogens is 272 g/mol. The maximum absolute atomic E-state index is 11.1. The van der Waals surface area contributed by atoms with Crippen LogP contribution in [-0.2, 0) is 14.9 Å². The van der Waals surface area contributed by atoms with Gasteiger partial charge in [-0.15, -0.1) is 0 Å². The van der Waals surface area contributed by atoms with Crippen molar-refractivity contribution in [3.8, 4) is 0 Å². The molecule has 2 nitrogen and oxygen atoms in total. The Morgan fingerprint density at radius 3 is 2.00 bits per heavy atom. The molecule has 0 amide bonds. The van der Waals surface area contributed by atoms with E-state index >= 15 is 0 Å². The summed E-state index contributed by atoms with van der Waals surface area (Å²) in [5.41, 5.74) is 2.45. The summed E-state index contributed by atoms with van der Waals surface area (Å²) in [6, 6.07) is 20.9. The van der Waals surface area contributed by atoms with Gasteiger partial charge in [0, 0.05) is 11.5 Å². The van der Waals surface area contributed by atoms with Crippen LogP contribution >= 0.6 is 0 Å². The van der Waals surface area contributed by atoms with Gasteiger partial charge < -0.3 is 4.74 Å². The molecule has 0 aliphatic carbocycles. The zero-order chi connectivity index (χ0) is 15.8. The van der Waals surface area contributed by atoms with Gasteiger partial charge in [0.2, 0.25) is 0 Å². The summed E-state index contributed by atoms with van der Waals surface area (Å²) in [5.74, 6) is -0.360. The van der Waals surface area contributed by atoms with Crippen LogP contribution in [0.2, 0.25) is 0 Å². The van der Waals surface area contributed by atoms with Gasteiger partial charge in [-0.25, -0.2) is 4.79 Å². The Labute approximate surface area is 132 Å². The van der Waals surface area contributed by atoms with Crippen molar-refractivity contribution >= 4 is 5.97 Å². The normalized spacial score (nSPS) is 11.0. The minimum Gasteiger partial charge on any atom is -0.463 e. The first-order chi connectivity index (χ1) is 10.7. The van der Waals surface area contributed by atoms with Gasteiger partial charge >= 0.3 is 5.97 Å². The second kappa shape index (κ2) is 7.60. The Bertz CT molecular complexity index is 563. The Hall–Kier alpha value is -2.35. The number of hydrogen-bond donors (Lipinski definition) is 0. The average molecular weight is 294 g/mol. The van der Waals surface area contributed by atoms with Crippen LogP contribution in [0.5, 0.6) is 0 Å². The summed E-state index contributed by atoms with van der Waals surface area (Å²) in [4.78, 5) is 11.1. The van der Waals surface area contributed by atoms with Crippen LogP contribution in [0.15, 0.2) is 73.3 Å². The molecule has 114 valence electrons. The molecule has 0 spiro atoms. The number of hydrogen-bond acceptors (Lipinski definition) is 2. The average Bonchev–Trinajstić information content (AvgIpc) is 2.59. The highest BCUT2D eigenvalue weighted by Gasteiger charge is 2.28. The number of ether oxygens (including phenoxy) is 1. The predicted molar refractivity (Wildman–Crippen MR) is 89.7 cm³/mol. The maximum atomic E-state index is 11.1. The highest BCUT2D eigenvalue weighted by Crippen LogP contribution is 2.36. The van der Waals surface area contributed by atoms with Crippen LogP contribution in [0.1, 0.15) is 30.9 Å². The summed E-state index contributed by atoms with van der Waals surface area (Å²) in [6.45, 7) is 6.07. The van der Waals surface area contributed by atoms with Gasteiger partial charge in [0.15, 0.2) is 0 Å². The highest BCUT2D eigenvalue weighted by molar-refractivity contribution is 5.81. The summed E-state index contributed by atoms with van der Waals surface area (Å²) in [6.07, 6.45) is 2.92. The summed E-state index contributed by atoms with van der Waals surface area (Å²) < 4.78 is 5.10. The first kappa shape index (κ1) is 16.0. The molecule has 0 radical (unpaired) electrons. The molecule has 2 aromatic rings. The first-order valence-corrected chi connectivity index (χ1v) is 7.57. The molecule has 0 aliphatic heterocycles. The van der Waals surface area contributed by atoms with Gasteiger partial charge in [-0.1, -0.05) is 74.2 Å². The van der Waals surface area contributed by atoms with E-state index in [1.807, 2.05) is 12.1 Å². The van der Waals surface area contributed by atoms with Crippen LogP contribution < -0.4 is 0 Å². The van der Waals surface area contributed by atoms with E-state index in [9.17, 15) is 4.79 Å². The molecule has 0 atom stereocenters. The lowest BCUT2D eigenvalue weighted by molar-refractivity contribution is -0.137. The molecule has 2 rings (SSSR count). The standard InChI is InChI=1S/C20H22O2/c1-3-19(21)22-16-10-15-20(2,17-11-6-4-7-12-17)18-13-8-5-9-14-18/h3-9,11-14H,1,10,15-16H2,2H3. The van der Waals surface area contributed by atoms with Gasteiger partial charge in [-0.2, -0.15) is 0 Å². The van der Waals surface area contributed by atoms with E-state index in [1.165, 1.54) is 17.2 Å². The topological polar surface area (TPSA) is 26.3 Å². The van der Waals surface area contributed by atoms with Crippen LogP contribution in [0, 0.1) is 0 Å². The van der Waals surface area contributed by atoms with Crippen LogP contribution in [0.25, 0.3) is 0 Å². The second-order valence-electron chi connectivity index (χ2n) is 5.54. The summed E-state index contributed by atoms with van der Waals surface area (Å²) in [7, 11) is 0. The van der Waals surface area contributed by atoms with Crippen LogP contribution in [0.4, 0.5) is 0 Å². The third kappa shape index (κ3) is 3.85. The van der Waals surface area contributed by atoms with Gasteiger partial charge in [-0.3, -0.25) is 0 Å². The minimum atomic E-state index is -0.360. The first-order valence-electron chi connectivity index (χ1n) is 7.57. The van der Waals surface area contributed by atoms with E-state index in [1.54, 1.807) is 0 Å². The van der Waals surface area contributed by atoms with Crippen molar-refractivity contribution in [1.29, 1.82) is 0 Å². The Balaban J connectivity index is 2.16. The van der Waals surface area contributed by atoms with Crippen molar-refractivity contribution in [3.05, 3.63) is 84.4 Å². The lowest BCUT2D eigenvalue weighted by atomic mass is 9.73. The van der Waals surface area contributed by atoms with Crippen molar-refractivity contribution < 1.29 is 9.53 Å². The van der Waals surface area contributed by atoms with Crippen molar-refractivity contribution in [2.75, 3.05) is 6.61 Å². The lowest BCUT2D eigenvalue weighted by Crippen LogP contribution is -2.24. The van der Waals surface area contributed by atoms with E-state index in [4.69, 9.17) is 4.74 Å². The Morgan fingerprint density at radius 1 is 1.05 bits per heavy atom. The molecule has 0 heterocycles. The monoisotopic (exact) mass is 294 g/mol. The van der Waals surface area contributed by atoms with E-state index in [0.29, 0.717) is 6.61 Å². The number of carbonyl (C=O) groups is 1. The van der Waals surface area contributed by atoms with Crippen LogP contribution in [0.3, 0.4) is 0 Å². The van der Waals surface area contributed by atoms with Crippen molar-refractivity contribution in [1.82, 2.24) is 0 Å². The smallest absolute Gasteiger partial charge is 0.330 e. The number of esters is 1. The van der Waals surface area contributed by atoms with Gasteiger partial charge in [0.05, 0.1) is 6.61 Å². The quantitative estimate of drug-likeness (QED) is 0.427. The zero-order valence-electron chi connectivity index (χ0n) is 13.0. The molecule has 2 aromatic carbocycles. The van der Waals surface area contributed by atoms with Crippen molar-refractivity contribution in [2.24, 2.45) is 0 Å². The second-order valence-corrected chi connectivity index (χ2v) is 5.54. The number of benzene rings is 2. The molecule has 0 aliphatic rings. The van der Waals surface area contributed by atoms with E-state index in [0.717, 1.165) is 12.8 Å². The molecule has 0 bridgehead atoms. The molecule has 2 heteroatoms. The fraction of sp³-hybridized carbons (Fsp3) is 0.250. The molecule has 0 fully saturated rings. The molecule has 0 unspecified atom stereocenters. The highest BCUT2D eigenvalue weighted by atomic mass is 16.5. The molecule has 0 saturated heterocycles. The lowest BCUT2D eigenvalue weighted by Gasteiger charge is -2.31. The van der Waals surface area contributed by atoms with Crippen LogP contribution in [-0.4, -0.2) is 12.6 Å². The van der Waals surface area contributed by atoms with E-state index < -0.39 is 0 Å². The predicted octanol–water partition coefficient (Wildman–Crippen LogP) is 4.50. The van der Waals surface area contributed by atoms with E-state index in [2.05, 4.69) is 62.0 Å². The molecule has 22 heavy (non-hydrogen) atoms. The van der Waals surface area contributed by atoms with Gasteiger partial charge in [0.25, 0.3) is 0 Å². The number of rotatable bonds is 7. The van der Waals surface area contributed by atoms with Gasteiger partial charge in [0.1, 0.15) is 0 Å². The summed E-state index contributed by atoms with van der Waals surface area (Å²) in [5, 5.41) is 0. The van der Waals surface area contributed by atoms with Crippen molar-refractivity contribution in [3.63, 3.8) is 0 Å². The zero-order valence-corrected chi connectivity index (χ0v) is 13.0. The Morgan fingerprint density at radius 2 is 1.55 bits per heavy atom. The largest absolute Gasteiger partial charge is 0.463 e. The molecule has 0 N–H and O–H groups in total. The maximum Gasteiger partial charge on any atom is 0.330 e. The SMILES string of the molecule is C=CC(=O)OCCCC(C)(c1ccccc1)c1ccccc1. The van der Waals surface area contributed by atoms with Crippen molar-refractivity contribution in [2.45, 2.75) is 25.2 Å². The van der Waals surface area contributed by atoms with E-state index in [-0.39, 0.29) is 11.4 Å². The third-order valence-electron chi connectivity index (χ3n) is 4.05. The molecular formula is C20H22O2. The Kier molecular flexibility index (Phi) is 5.54. The van der Waals surface area contributed by atoms with Gasteiger partial charge in [-0.05, 0) is 24.0 Å².